The number of urea groups is 1. The van der Waals surface area contributed by atoms with Crippen molar-refractivity contribution in [3.63, 3.8) is 0 Å². The summed E-state index contributed by atoms with van der Waals surface area (Å²) in [5.74, 6) is -0.725. The Labute approximate surface area is 80.0 Å². The number of hydrogen-bond donors (Lipinski definition) is 3. The number of carbonyl (C=O) groups excluding carboxylic acids is 1. The van der Waals surface area contributed by atoms with Gasteiger partial charge in [0.15, 0.2) is 0 Å². The van der Waals surface area contributed by atoms with Crippen LogP contribution in [0.4, 0.5) is 10.6 Å². The van der Waals surface area contributed by atoms with Crippen LogP contribution in [0.3, 0.4) is 0 Å². The molecule has 0 aliphatic rings. The second-order valence-electron chi connectivity index (χ2n) is 2.42. The molecular formula is C8H9N3O3. The van der Waals surface area contributed by atoms with E-state index in [9.17, 15) is 9.59 Å². The van der Waals surface area contributed by atoms with Crippen LogP contribution in [0, 0.1) is 0 Å². The standard InChI is InChI=1S/C8H9N3O3/c12-7(13)5-10-8(14)11-6-3-1-2-4-9-6/h1-4H,5H2,(H,12,13)(H2,9,10,11,14). The van der Waals surface area contributed by atoms with E-state index in [-0.39, 0.29) is 0 Å². The van der Waals surface area contributed by atoms with Crippen molar-refractivity contribution in [2.75, 3.05) is 11.9 Å². The normalized spacial score (nSPS) is 9.14. The fourth-order valence-electron chi connectivity index (χ4n) is 0.753. The minimum atomic E-state index is -1.10. The number of carboxylic acids is 1. The Morgan fingerprint density at radius 1 is 1.43 bits per heavy atom. The topological polar surface area (TPSA) is 91.3 Å². The Morgan fingerprint density at radius 3 is 2.79 bits per heavy atom. The third kappa shape index (κ3) is 3.53. The summed E-state index contributed by atoms with van der Waals surface area (Å²) < 4.78 is 0. The van der Waals surface area contributed by atoms with Gasteiger partial charge in [0.1, 0.15) is 12.4 Å². The van der Waals surface area contributed by atoms with Crippen molar-refractivity contribution in [2.45, 2.75) is 0 Å². The van der Waals surface area contributed by atoms with Gasteiger partial charge in [-0.15, -0.1) is 0 Å². The Hall–Kier alpha value is -2.11. The van der Waals surface area contributed by atoms with E-state index in [1.165, 1.54) is 6.20 Å². The third-order valence-corrected chi connectivity index (χ3v) is 1.31. The van der Waals surface area contributed by atoms with E-state index < -0.39 is 18.5 Å². The van der Waals surface area contributed by atoms with Crippen molar-refractivity contribution in [1.82, 2.24) is 10.3 Å². The fraction of sp³-hybridized carbons (Fsp3) is 0.125. The number of anilines is 1. The van der Waals surface area contributed by atoms with Gasteiger partial charge in [-0.2, -0.15) is 0 Å². The highest BCUT2D eigenvalue weighted by molar-refractivity contribution is 5.90. The monoisotopic (exact) mass is 195 g/mol. The second kappa shape index (κ2) is 4.80. The first-order valence-electron chi connectivity index (χ1n) is 3.86. The van der Waals surface area contributed by atoms with Crippen LogP contribution < -0.4 is 10.6 Å². The molecule has 0 saturated heterocycles. The minimum Gasteiger partial charge on any atom is -0.480 e. The maximum Gasteiger partial charge on any atom is 0.323 e. The molecule has 0 atom stereocenters. The van der Waals surface area contributed by atoms with E-state index in [4.69, 9.17) is 5.11 Å². The van der Waals surface area contributed by atoms with Crippen molar-refractivity contribution >= 4 is 17.8 Å². The zero-order valence-electron chi connectivity index (χ0n) is 7.23. The molecule has 0 aromatic carbocycles. The van der Waals surface area contributed by atoms with Gasteiger partial charge in [-0.3, -0.25) is 10.1 Å². The molecule has 0 aliphatic carbocycles. The fourth-order valence-corrected chi connectivity index (χ4v) is 0.753. The molecule has 6 heteroatoms. The number of hydrogen-bond acceptors (Lipinski definition) is 3. The van der Waals surface area contributed by atoms with Gasteiger partial charge >= 0.3 is 12.0 Å². The van der Waals surface area contributed by atoms with Gasteiger partial charge in [-0.25, -0.2) is 9.78 Å². The molecule has 1 aromatic rings. The van der Waals surface area contributed by atoms with Gasteiger partial charge in [0, 0.05) is 6.20 Å². The summed E-state index contributed by atoms with van der Waals surface area (Å²) >= 11 is 0. The summed E-state index contributed by atoms with van der Waals surface area (Å²) in [6.45, 7) is -0.418. The molecule has 1 aromatic heterocycles. The molecule has 74 valence electrons. The summed E-state index contributed by atoms with van der Waals surface area (Å²) in [6, 6.07) is 4.42. The number of rotatable bonds is 3. The molecule has 1 heterocycles. The molecule has 6 nitrogen and oxygen atoms in total. The average molecular weight is 195 g/mol. The lowest BCUT2D eigenvalue weighted by molar-refractivity contribution is -0.135. The molecule has 0 saturated carbocycles. The number of nitrogens with one attached hydrogen (secondary N) is 2. The lowest BCUT2D eigenvalue weighted by atomic mass is 10.5. The summed E-state index contributed by atoms with van der Waals surface area (Å²) in [5.41, 5.74) is 0. The van der Waals surface area contributed by atoms with Gasteiger partial charge in [0.05, 0.1) is 0 Å². The summed E-state index contributed by atoms with van der Waals surface area (Å²) in [4.78, 5) is 24.9. The summed E-state index contributed by atoms with van der Waals surface area (Å²) in [6.07, 6.45) is 1.52. The number of amides is 2. The van der Waals surface area contributed by atoms with Crippen LogP contribution in [0.25, 0.3) is 0 Å². The number of aromatic nitrogens is 1. The average Bonchev–Trinajstić information content (AvgIpc) is 2.16. The molecule has 0 bridgehead atoms. The maximum absolute atomic E-state index is 11.0. The largest absolute Gasteiger partial charge is 0.480 e. The summed E-state index contributed by atoms with van der Waals surface area (Å²) in [5, 5.41) is 12.8. The smallest absolute Gasteiger partial charge is 0.323 e. The van der Waals surface area contributed by atoms with E-state index in [2.05, 4.69) is 15.6 Å². The van der Waals surface area contributed by atoms with Crippen LogP contribution >= 0.6 is 0 Å². The minimum absolute atomic E-state index is 0.371. The van der Waals surface area contributed by atoms with Gasteiger partial charge in [-0.05, 0) is 12.1 Å². The first-order valence-corrected chi connectivity index (χ1v) is 3.86. The Kier molecular flexibility index (Phi) is 3.42. The number of aliphatic carboxylic acids is 1. The molecule has 0 fully saturated rings. The zero-order chi connectivity index (χ0) is 10.4. The highest BCUT2D eigenvalue weighted by Gasteiger charge is 2.03. The van der Waals surface area contributed by atoms with E-state index in [0.29, 0.717) is 5.82 Å². The predicted molar refractivity (Wildman–Crippen MR) is 48.9 cm³/mol. The second-order valence-corrected chi connectivity index (χ2v) is 2.42. The number of pyridine rings is 1. The van der Waals surface area contributed by atoms with E-state index in [1.807, 2.05) is 0 Å². The van der Waals surface area contributed by atoms with E-state index >= 15 is 0 Å². The predicted octanol–water partition coefficient (Wildman–Crippen LogP) is 0.288. The number of nitrogens with zero attached hydrogens (tertiary/aromatic N) is 1. The highest BCUT2D eigenvalue weighted by Crippen LogP contribution is 1.98. The van der Waals surface area contributed by atoms with E-state index in [1.54, 1.807) is 18.2 Å². The van der Waals surface area contributed by atoms with Crippen LogP contribution in [0.2, 0.25) is 0 Å². The van der Waals surface area contributed by atoms with Crippen LogP contribution in [0.1, 0.15) is 0 Å². The Bertz CT molecular complexity index is 326. The lowest BCUT2D eigenvalue weighted by Gasteiger charge is -2.03. The van der Waals surface area contributed by atoms with Crippen LogP contribution in [0.5, 0.6) is 0 Å². The quantitative estimate of drug-likeness (QED) is 0.646. The number of carbonyl (C=O) groups is 2. The molecule has 3 N–H and O–H groups in total. The number of carboxylic acid groups (broad SMARTS) is 1. The first kappa shape index (κ1) is 9.97. The van der Waals surface area contributed by atoms with Crippen molar-refractivity contribution < 1.29 is 14.7 Å². The van der Waals surface area contributed by atoms with Crippen molar-refractivity contribution in [2.24, 2.45) is 0 Å². The van der Waals surface area contributed by atoms with Crippen molar-refractivity contribution in [1.29, 1.82) is 0 Å². The lowest BCUT2D eigenvalue weighted by Crippen LogP contribution is -2.33. The Balaban J connectivity index is 2.38. The van der Waals surface area contributed by atoms with Crippen LogP contribution in [-0.4, -0.2) is 28.6 Å². The highest BCUT2D eigenvalue weighted by atomic mass is 16.4. The van der Waals surface area contributed by atoms with Gasteiger partial charge in [0.25, 0.3) is 0 Å². The van der Waals surface area contributed by atoms with Gasteiger partial charge < -0.3 is 10.4 Å². The van der Waals surface area contributed by atoms with Gasteiger partial charge in [0.2, 0.25) is 0 Å². The molecule has 0 spiro atoms. The Morgan fingerprint density at radius 2 is 2.21 bits per heavy atom. The van der Waals surface area contributed by atoms with Crippen molar-refractivity contribution in [3.8, 4) is 0 Å². The SMILES string of the molecule is O=C(O)CNC(=O)Nc1ccccn1. The maximum atomic E-state index is 11.0. The van der Waals surface area contributed by atoms with Crippen LogP contribution in [-0.2, 0) is 4.79 Å². The molecule has 1 rings (SSSR count). The molecule has 14 heavy (non-hydrogen) atoms. The third-order valence-electron chi connectivity index (χ3n) is 1.31. The molecule has 2 amide bonds. The van der Waals surface area contributed by atoms with E-state index in [0.717, 1.165) is 0 Å². The zero-order valence-corrected chi connectivity index (χ0v) is 7.23. The van der Waals surface area contributed by atoms with Crippen molar-refractivity contribution in [3.05, 3.63) is 24.4 Å². The van der Waals surface area contributed by atoms with Crippen LogP contribution in [0.15, 0.2) is 24.4 Å². The first-order chi connectivity index (χ1) is 6.68. The molecule has 0 aliphatic heterocycles. The molecule has 0 unspecified atom stereocenters. The van der Waals surface area contributed by atoms with Gasteiger partial charge in [-0.1, -0.05) is 6.07 Å². The molecular weight excluding hydrogens is 186 g/mol. The molecule has 0 radical (unpaired) electrons. The summed E-state index contributed by atoms with van der Waals surface area (Å²) in [7, 11) is 0.